The smallest absolute Gasteiger partial charge is 0.224 e. The van der Waals surface area contributed by atoms with Crippen molar-refractivity contribution in [2.24, 2.45) is 0 Å². The third-order valence-electron chi connectivity index (χ3n) is 2.38. The monoisotopic (exact) mass is 375 g/mol. The van der Waals surface area contributed by atoms with Crippen molar-refractivity contribution in [1.29, 1.82) is 0 Å². The molecule has 94 valence electrons. The molecule has 0 saturated heterocycles. The zero-order valence-corrected chi connectivity index (χ0v) is 12.4. The van der Waals surface area contributed by atoms with Crippen molar-refractivity contribution in [2.75, 3.05) is 5.32 Å². The second-order valence-electron chi connectivity index (χ2n) is 3.75. The number of benzene rings is 1. The summed E-state index contributed by atoms with van der Waals surface area (Å²) < 4.78 is 6.20. The maximum atomic E-state index is 11.7. The summed E-state index contributed by atoms with van der Waals surface area (Å²) in [6.07, 6.45) is 2.56. The molecule has 1 amide bonds. The number of hydrogen-bond acceptors (Lipinski definition) is 2. The molecule has 0 bridgehead atoms. The van der Waals surface area contributed by atoms with E-state index in [1.807, 2.05) is 24.3 Å². The summed E-state index contributed by atoms with van der Waals surface area (Å²) in [5.41, 5.74) is 0.640. The molecular formula is C13H11ClINO2. The van der Waals surface area contributed by atoms with E-state index in [0.29, 0.717) is 23.6 Å². The molecule has 0 fully saturated rings. The van der Waals surface area contributed by atoms with Crippen LogP contribution in [0.5, 0.6) is 0 Å². The molecule has 0 atom stereocenters. The average molecular weight is 376 g/mol. The van der Waals surface area contributed by atoms with Gasteiger partial charge in [0.15, 0.2) is 0 Å². The second kappa shape index (κ2) is 6.24. The van der Waals surface area contributed by atoms with E-state index in [-0.39, 0.29) is 5.91 Å². The van der Waals surface area contributed by atoms with E-state index in [0.717, 1.165) is 9.33 Å². The molecule has 3 nitrogen and oxygen atoms in total. The molecule has 0 aliphatic heterocycles. The first-order chi connectivity index (χ1) is 8.65. The van der Waals surface area contributed by atoms with Crippen molar-refractivity contribution in [2.45, 2.75) is 12.8 Å². The van der Waals surface area contributed by atoms with Crippen molar-refractivity contribution in [1.82, 2.24) is 0 Å². The number of anilines is 1. The highest BCUT2D eigenvalue weighted by Crippen LogP contribution is 2.24. The van der Waals surface area contributed by atoms with E-state index in [1.165, 1.54) is 0 Å². The van der Waals surface area contributed by atoms with Gasteiger partial charge < -0.3 is 9.73 Å². The molecule has 1 aromatic carbocycles. The number of carbonyl (C=O) groups is 1. The van der Waals surface area contributed by atoms with Crippen LogP contribution in [0.1, 0.15) is 12.2 Å². The Hall–Kier alpha value is -1.01. The van der Waals surface area contributed by atoms with Crippen LogP contribution in [0.4, 0.5) is 5.69 Å². The summed E-state index contributed by atoms with van der Waals surface area (Å²) in [6.45, 7) is 0. The van der Waals surface area contributed by atoms with Gasteiger partial charge >= 0.3 is 0 Å². The van der Waals surface area contributed by atoms with Crippen molar-refractivity contribution in [3.05, 3.63) is 50.9 Å². The lowest BCUT2D eigenvalue weighted by Crippen LogP contribution is -2.12. The lowest BCUT2D eigenvalue weighted by molar-refractivity contribution is -0.116. The molecule has 1 N–H and O–H groups in total. The maximum Gasteiger partial charge on any atom is 0.224 e. The van der Waals surface area contributed by atoms with Gasteiger partial charge in [-0.1, -0.05) is 11.6 Å². The van der Waals surface area contributed by atoms with Gasteiger partial charge in [0.2, 0.25) is 5.91 Å². The van der Waals surface area contributed by atoms with Crippen LogP contribution in [-0.4, -0.2) is 5.91 Å². The Balaban J connectivity index is 1.91. The number of hydrogen-bond donors (Lipinski definition) is 1. The molecule has 0 saturated carbocycles. The topological polar surface area (TPSA) is 42.2 Å². The number of rotatable bonds is 4. The third kappa shape index (κ3) is 3.74. The first-order valence-corrected chi connectivity index (χ1v) is 6.88. The highest BCUT2D eigenvalue weighted by Gasteiger charge is 2.07. The van der Waals surface area contributed by atoms with E-state index >= 15 is 0 Å². The number of nitrogens with one attached hydrogen (secondary N) is 1. The first-order valence-electron chi connectivity index (χ1n) is 5.42. The number of halogens is 2. The summed E-state index contributed by atoms with van der Waals surface area (Å²) in [5, 5.41) is 3.33. The Morgan fingerprint density at radius 1 is 1.39 bits per heavy atom. The van der Waals surface area contributed by atoms with Crippen LogP contribution in [0, 0.1) is 3.57 Å². The van der Waals surface area contributed by atoms with Gasteiger partial charge in [0, 0.05) is 16.4 Å². The summed E-state index contributed by atoms with van der Waals surface area (Å²) in [4.78, 5) is 11.7. The van der Waals surface area contributed by atoms with E-state index in [9.17, 15) is 4.79 Å². The minimum absolute atomic E-state index is 0.0745. The van der Waals surface area contributed by atoms with Crippen molar-refractivity contribution in [3.8, 4) is 0 Å². The average Bonchev–Trinajstić information content (AvgIpc) is 2.83. The number of amides is 1. The quantitative estimate of drug-likeness (QED) is 0.817. The second-order valence-corrected chi connectivity index (χ2v) is 5.40. The predicted molar refractivity (Wildman–Crippen MR) is 79.8 cm³/mol. The van der Waals surface area contributed by atoms with Gasteiger partial charge in [0.05, 0.1) is 17.0 Å². The molecule has 0 unspecified atom stereocenters. The van der Waals surface area contributed by atoms with E-state index in [1.54, 1.807) is 12.3 Å². The van der Waals surface area contributed by atoms with Crippen LogP contribution in [-0.2, 0) is 11.2 Å². The Kier molecular flexibility index (Phi) is 4.66. The molecule has 0 spiro atoms. The highest BCUT2D eigenvalue weighted by molar-refractivity contribution is 14.1. The van der Waals surface area contributed by atoms with Gasteiger partial charge in [-0.25, -0.2) is 0 Å². The maximum absolute atomic E-state index is 11.7. The lowest BCUT2D eigenvalue weighted by atomic mass is 10.2. The normalized spacial score (nSPS) is 10.3. The van der Waals surface area contributed by atoms with Gasteiger partial charge in [-0.15, -0.1) is 0 Å². The molecule has 1 heterocycles. The number of carbonyl (C=O) groups excluding carboxylic acids is 1. The zero-order chi connectivity index (χ0) is 13.0. The standard InChI is InChI=1S/C13H11ClINO2/c14-11-8-9(15)3-5-12(11)16-13(17)6-4-10-2-1-7-18-10/h1-3,5,7-8H,4,6H2,(H,16,17). The molecular weight excluding hydrogens is 365 g/mol. The van der Waals surface area contributed by atoms with Gasteiger partial charge in [-0.3, -0.25) is 4.79 Å². The van der Waals surface area contributed by atoms with Gasteiger partial charge in [0.25, 0.3) is 0 Å². The fraction of sp³-hybridized carbons (Fsp3) is 0.154. The molecule has 1 aromatic heterocycles. The molecule has 0 aliphatic rings. The molecule has 0 radical (unpaired) electrons. The molecule has 18 heavy (non-hydrogen) atoms. The van der Waals surface area contributed by atoms with Crippen LogP contribution in [0.15, 0.2) is 41.0 Å². The van der Waals surface area contributed by atoms with Crippen LogP contribution in [0.3, 0.4) is 0 Å². The van der Waals surface area contributed by atoms with E-state index in [4.69, 9.17) is 16.0 Å². The largest absolute Gasteiger partial charge is 0.469 e. The fourth-order valence-electron chi connectivity index (χ4n) is 1.50. The van der Waals surface area contributed by atoms with E-state index in [2.05, 4.69) is 27.9 Å². The summed E-state index contributed by atoms with van der Waals surface area (Å²) in [5.74, 6) is 0.730. The zero-order valence-electron chi connectivity index (χ0n) is 9.45. The van der Waals surface area contributed by atoms with Crippen molar-refractivity contribution >= 4 is 45.8 Å². The Bertz CT molecular complexity index is 540. The predicted octanol–water partition coefficient (Wildman–Crippen LogP) is 4.11. The Morgan fingerprint density at radius 3 is 2.89 bits per heavy atom. The SMILES string of the molecule is O=C(CCc1ccco1)Nc1ccc(I)cc1Cl. The van der Waals surface area contributed by atoms with Crippen LogP contribution < -0.4 is 5.32 Å². The fourth-order valence-corrected chi connectivity index (χ4v) is 2.40. The number of aryl methyl sites for hydroxylation is 1. The summed E-state index contributed by atoms with van der Waals surface area (Å²) in [7, 11) is 0. The van der Waals surface area contributed by atoms with Gasteiger partial charge in [0.1, 0.15) is 5.76 Å². The highest BCUT2D eigenvalue weighted by atomic mass is 127. The number of furan rings is 1. The first kappa shape index (κ1) is 13.4. The van der Waals surface area contributed by atoms with Gasteiger partial charge in [-0.2, -0.15) is 0 Å². The Labute approximate surface area is 124 Å². The van der Waals surface area contributed by atoms with Crippen LogP contribution in [0.25, 0.3) is 0 Å². The van der Waals surface area contributed by atoms with Crippen molar-refractivity contribution < 1.29 is 9.21 Å². The Morgan fingerprint density at radius 2 is 2.22 bits per heavy atom. The summed E-state index contributed by atoms with van der Waals surface area (Å²) >= 11 is 8.21. The molecule has 2 rings (SSSR count). The van der Waals surface area contributed by atoms with E-state index < -0.39 is 0 Å². The minimum Gasteiger partial charge on any atom is -0.469 e. The third-order valence-corrected chi connectivity index (χ3v) is 3.37. The van der Waals surface area contributed by atoms with Crippen LogP contribution in [0.2, 0.25) is 5.02 Å². The van der Waals surface area contributed by atoms with Crippen LogP contribution >= 0.6 is 34.2 Å². The minimum atomic E-state index is -0.0745. The van der Waals surface area contributed by atoms with Crippen molar-refractivity contribution in [3.63, 3.8) is 0 Å². The van der Waals surface area contributed by atoms with Gasteiger partial charge in [-0.05, 0) is 52.9 Å². The lowest BCUT2D eigenvalue weighted by Gasteiger charge is -2.06. The summed E-state index contributed by atoms with van der Waals surface area (Å²) in [6, 6.07) is 9.17. The molecule has 0 aliphatic carbocycles. The molecule has 2 aromatic rings. The molecule has 5 heteroatoms.